The molecule has 6 heteroatoms. The summed E-state index contributed by atoms with van der Waals surface area (Å²) in [5.41, 5.74) is 1.44. The van der Waals surface area contributed by atoms with E-state index in [0.717, 1.165) is 5.56 Å². The molecule has 0 saturated carbocycles. The molecule has 1 aliphatic rings. The molecule has 0 fully saturated rings. The Morgan fingerprint density at radius 2 is 1.89 bits per heavy atom. The number of sulfonamides is 1. The fourth-order valence-corrected chi connectivity index (χ4v) is 2.95. The Hall–Kier alpha value is -1.56. The SMILES string of the molecule is CN=C1Nc2ccc(C(C)(C)C)cc2S(=O)(=O)N1. The van der Waals surface area contributed by atoms with Gasteiger partial charge in [-0.1, -0.05) is 26.8 Å². The second-order valence-corrected chi connectivity index (χ2v) is 6.91. The highest BCUT2D eigenvalue weighted by molar-refractivity contribution is 7.90. The summed E-state index contributed by atoms with van der Waals surface area (Å²) in [5.74, 6) is 0.242. The van der Waals surface area contributed by atoms with Crippen molar-refractivity contribution in [2.75, 3.05) is 12.4 Å². The average Bonchev–Trinajstić information content (AvgIpc) is 2.26. The van der Waals surface area contributed by atoms with E-state index in [4.69, 9.17) is 0 Å². The van der Waals surface area contributed by atoms with Crippen LogP contribution in [-0.2, 0) is 15.4 Å². The predicted octanol–water partition coefficient (Wildman–Crippen LogP) is 1.67. The van der Waals surface area contributed by atoms with Crippen molar-refractivity contribution in [1.82, 2.24) is 4.72 Å². The summed E-state index contributed by atoms with van der Waals surface area (Å²) in [7, 11) is -2.00. The van der Waals surface area contributed by atoms with E-state index in [1.165, 1.54) is 7.05 Å². The van der Waals surface area contributed by atoms with Crippen LogP contribution in [0, 0.1) is 0 Å². The number of benzene rings is 1. The molecule has 1 aliphatic heterocycles. The van der Waals surface area contributed by atoms with Gasteiger partial charge in [0.2, 0.25) is 5.96 Å². The largest absolute Gasteiger partial charge is 0.324 e. The molecule has 0 bridgehead atoms. The van der Waals surface area contributed by atoms with Crippen molar-refractivity contribution in [3.8, 4) is 0 Å². The molecule has 18 heavy (non-hydrogen) atoms. The summed E-state index contributed by atoms with van der Waals surface area (Å²) in [6.07, 6.45) is 0. The van der Waals surface area contributed by atoms with E-state index >= 15 is 0 Å². The van der Waals surface area contributed by atoms with Gasteiger partial charge >= 0.3 is 0 Å². The molecular weight excluding hydrogens is 250 g/mol. The van der Waals surface area contributed by atoms with Gasteiger partial charge in [0, 0.05) is 7.05 Å². The monoisotopic (exact) mass is 267 g/mol. The molecule has 0 atom stereocenters. The van der Waals surface area contributed by atoms with E-state index in [-0.39, 0.29) is 16.3 Å². The van der Waals surface area contributed by atoms with E-state index in [0.29, 0.717) is 5.69 Å². The van der Waals surface area contributed by atoms with Crippen LogP contribution in [-0.4, -0.2) is 21.4 Å². The maximum absolute atomic E-state index is 12.1. The first kappa shape index (κ1) is 12.9. The fraction of sp³-hybridized carbons (Fsp3) is 0.417. The topological polar surface area (TPSA) is 70.6 Å². The highest BCUT2D eigenvalue weighted by atomic mass is 32.2. The lowest BCUT2D eigenvalue weighted by atomic mass is 9.87. The van der Waals surface area contributed by atoms with Crippen LogP contribution in [0.1, 0.15) is 26.3 Å². The van der Waals surface area contributed by atoms with Crippen molar-refractivity contribution < 1.29 is 8.42 Å². The standard InChI is InChI=1S/C12H17N3O2S/c1-12(2,3)8-5-6-9-10(7-8)18(16,17)15-11(13-4)14-9/h5-7H,1-4H3,(H2,13,14,15). The quantitative estimate of drug-likeness (QED) is 0.751. The molecular formula is C12H17N3O2S. The van der Waals surface area contributed by atoms with E-state index in [2.05, 4.69) is 15.0 Å². The summed E-state index contributed by atoms with van der Waals surface area (Å²) in [5, 5.41) is 2.94. The third-order valence-corrected chi connectivity index (χ3v) is 4.22. The molecule has 2 N–H and O–H groups in total. The van der Waals surface area contributed by atoms with Crippen LogP contribution >= 0.6 is 0 Å². The fourth-order valence-electron chi connectivity index (χ4n) is 1.75. The molecule has 0 amide bonds. The van der Waals surface area contributed by atoms with Crippen LogP contribution in [0.25, 0.3) is 0 Å². The summed E-state index contributed by atoms with van der Waals surface area (Å²) < 4.78 is 26.6. The summed E-state index contributed by atoms with van der Waals surface area (Å²) in [6, 6.07) is 5.41. The minimum Gasteiger partial charge on any atom is -0.324 e. The van der Waals surface area contributed by atoms with Crippen molar-refractivity contribution >= 4 is 21.7 Å². The number of rotatable bonds is 0. The first-order valence-corrected chi connectivity index (χ1v) is 7.13. The second-order valence-electron chi connectivity index (χ2n) is 5.26. The second kappa shape index (κ2) is 3.98. The first-order valence-electron chi connectivity index (χ1n) is 5.65. The lowest BCUT2D eigenvalue weighted by Crippen LogP contribution is -2.40. The molecule has 2 rings (SSSR count). The zero-order valence-electron chi connectivity index (χ0n) is 10.9. The van der Waals surface area contributed by atoms with Gasteiger partial charge in [0.05, 0.1) is 5.69 Å². The van der Waals surface area contributed by atoms with Crippen molar-refractivity contribution in [2.45, 2.75) is 31.1 Å². The molecule has 5 nitrogen and oxygen atoms in total. The lowest BCUT2D eigenvalue weighted by Gasteiger charge is -2.25. The molecule has 0 aliphatic carbocycles. The van der Waals surface area contributed by atoms with Crippen LogP contribution in [0.2, 0.25) is 0 Å². The maximum Gasteiger partial charge on any atom is 0.266 e. The Kier molecular flexibility index (Phi) is 2.85. The van der Waals surface area contributed by atoms with Crippen LogP contribution in [0.3, 0.4) is 0 Å². The van der Waals surface area contributed by atoms with Gasteiger partial charge in [-0.25, -0.2) is 13.1 Å². The number of anilines is 1. The third-order valence-electron chi connectivity index (χ3n) is 2.84. The van der Waals surface area contributed by atoms with Crippen LogP contribution in [0.15, 0.2) is 28.1 Å². The number of aliphatic imine (C=N–C) groups is 1. The van der Waals surface area contributed by atoms with Crippen molar-refractivity contribution in [3.05, 3.63) is 23.8 Å². The molecule has 0 aromatic heterocycles. The predicted molar refractivity (Wildman–Crippen MR) is 72.4 cm³/mol. The molecule has 0 unspecified atom stereocenters. The molecule has 0 spiro atoms. The lowest BCUT2D eigenvalue weighted by molar-refractivity contribution is 0.582. The molecule has 98 valence electrons. The number of nitrogens with one attached hydrogen (secondary N) is 2. The van der Waals surface area contributed by atoms with Crippen molar-refractivity contribution in [1.29, 1.82) is 0 Å². The van der Waals surface area contributed by atoms with Gasteiger partial charge in [0.1, 0.15) is 4.90 Å². The molecule has 1 aromatic carbocycles. The van der Waals surface area contributed by atoms with Crippen molar-refractivity contribution in [2.24, 2.45) is 4.99 Å². The van der Waals surface area contributed by atoms with Crippen LogP contribution < -0.4 is 10.0 Å². The van der Waals surface area contributed by atoms with E-state index in [9.17, 15) is 8.42 Å². The Morgan fingerprint density at radius 1 is 1.22 bits per heavy atom. The van der Waals surface area contributed by atoms with Crippen molar-refractivity contribution in [3.63, 3.8) is 0 Å². The average molecular weight is 267 g/mol. The van der Waals surface area contributed by atoms with Gasteiger partial charge in [0.15, 0.2) is 0 Å². The van der Waals surface area contributed by atoms with Gasteiger partial charge in [-0.05, 0) is 23.1 Å². The zero-order chi connectivity index (χ0) is 13.6. The molecule has 0 saturated heterocycles. The van der Waals surface area contributed by atoms with Gasteiger partial charge in [-0.2, -0.15) is 0 Å². The van der Waals surface area contributed by atoms with E-state index in [1.54, 1.807) is 12.1 Å². The zero-order valence-corrected chi connectivity index (χ0v) is 11.7. The summed E-state index contributed by atoms with van der Waals surface area (Å²) in [6.45, 7) is 6.14. The highest BCUT2D eigenvalue weighted by Crippen LogP contribution is 2.30. The normalized spacial score (nSPS) is 19.9. The highest BCUT2D eigenvalue weighted by Gasteiger charge is 2.28. The number of hydrogen-bond acceptors (Lipinski definition) is 3. The minimum absolute atomic E-state index is 0.0936. The number of nitrogens with zero attached hydrogens (tertiary/aromatic N) is 1. The maximum atomic E-state index is 12.1. The van der Waals surface area contributed by atoms with Gasteiger partial charge < -0.3 is 5.32 Å². The Labute approximate surface area is 107 Å². The number of guanidine groups is 1. The minimum atomic E-state index is -3.53. The van der Waals surface area contributed by atoms with Gasteiger partial charge in [-0.15, -0.1) is 0 Å². The number of fused-ring (bicyclic) bond motifs is 1. The van der Waals surface area contributed by atoms with Crippen LogP contribution in [0.5, 0.6) is 0 Å². The van der Waals surface area contributed by atoms with E-state index in [1.807, 2.05) is 26.8 Å². The number of hydrogen-bond donors (Lipinski definition) is 2. The molecule has 1 heterocycles. The van der Waals surface area contributed by atoms with Crippen LogP contribution in [0.4, 0.5) is 5.69 Å². The third kappa shape index (κ3) is 2.20. The smallest absolute Gasteiger partial charge is 0.266 e. The molecule has 1 aromatic rings. The first-order chi connectivity index (χ1) is 8.24. The summed E-state index contributed by atoms with van der Waals surface area (Å²) in [4.78, 5) is 4.09. The van der Waals surface area contributed by atoms with E-state index < -0.39 is 10.0 Å². The Bertz CT molecular complexity index is 613. The van der Waals surface area contributed by atoms with Gasteiger partial charge in [-0.3, -0.25) is 4.99 Å². The van der Waals surface area contributed by atoms with Gasteiger partial charge in [0.25, 0.3) is 10.0 Å². The molecule has 0 radical (unpaired) electrons. The Balaban J connectivity index is 2.61. The Morgan fingerprint density at radius 3 is 2.44 bits per heavy atom. The summed E-state index contributed by atoms with van der Waals surface area (Å²) >= 11 is 0.